The summed E-state index contributed by atoms with van der Waals surface area (Å²) in [6.07, 6.45) is 3.76. The van der Waals surface area contributed by atoms with Gasteiger partial charge in [-0.3, -0.25) is 4.79 Å². The molecule has 0 bridgehead atoms. The molecular formula is C23H31N5O2. The van der Waals surface area contributed by atoms with E-state index in [0.717, 1.165) is 73.1 Å². The minimum absolute atomic E-state index is 0.111. The Morgan fingerprint density at radius 2 is 2.10 bits per heavy atom. The summed E-state index contributed by atoms with van der Waals surface area (Å²) >= 11 is 0. The number of benzene rings is 1. The third-order valence-corrected chi connectivity index (χ3v) is 6.18. The maximum atomic E-state index is 12.2. The van der Waals surface area contributed by atoms with E-state index < -0.39 is 0 Å². The number of nitrogens with zero attached hydrogens (tertiary/aromatic N) is 4. The molecule has 2 atom stereocenters. The summed E-state index contributed by atoms with van der Waals surface area (Å²) in [5.74, 6) is 1.63. The van der Waals surface area contributed by atoms with E-state index in [1.165, 1.54) is 0 Å². The van der Waals surface area contributed by atoms with Crippen molar-refractivity contribution in [1.82, 2.24) is 19.4 Å². The molecule has 3 aromatic rings. The second-order valence-electron chi connectivity index (χ2n) is 8.10. The highest BCUT2D eigenvalue weighted by atomic mass is 16.5. The molecule has 0 saturated carbocycles. The summed E-state index contributed by atoms with van der Waals surface area (Å²) in [4.78, 5) is 23.5. The Kier molecular flexibility index (Phi) is 5.90. The van der Waals surface area contributed by atoms with E-state index in [4.69, 9.17) is 15.5 Å². The van der Waals surface area contributed by atoms with E-state index in [9.17, 15) is 4.79 Å². The number of para-hydroxylation sites is 1. The highest BCUT2D eigenvalue weighted by molar-refractivity contribution is 6.06. The first-order chi connectivity index (χ1) is 14.5. The first-order valence-corrected chi connectivity index (χ1v) is 10.9. The lowest BCUT2D eigenvalue weighted by atomic mass is 10.1. The van der Waals surface area contributed by atoms with Crippen molar-refractivity contribution in [3.63, 3.8) is 0 Å². The van der Waals surface area contributed by atoms with Crippen LogP contribution in [0.15, 0.2) is 24.3 Å². The molecule has 3 heterocycles. The van der Waals surface area contributed by atoms with Gasteiger partial charge >= 0.3 is 0 Å². The fourth-order valence-electron chi connectivity index (χ4n) is 4.65. The summed E-state index contributed by atoms with van der Waals surface area (Å²) in [5.41, 5.74) is 8.97. The SMILES string of the molecule is CCc1nc2c(N)nc3ccccc3c2n1CCCCN(C(C)=O)C1CCOC1C. The topological polar surface area (TPSA) is 86.3 Å². The number of hydrogen-bond acceptors (Lipinski definition) is 5. The molecule has 0 radical (unpaired) electrons. The van der Waals surface area contributed by atoms with E-state index in [1.807, 2.05) is 23.1 Å². The monoisotopic (exact) mass is 409 g/mol. The molecule has 1 amide bonds. The Morgan fingerprint density at radius 3 is 2.80 bits per heavy atom. The van der Waals surface area contributed by atoms with Gasteiger partial charge in [-0.25, -0.2) is 9.97 Å². The molecule has 1 fully saturated rings. The number of aryl methyl sites for hydroxylation is 2. The van der Waals surface area contributed by atoms with Crippen LogP contribution in [0.5, 0.6) is 0 Å². The smallest absolute Gasteiger partial charge is 0.219 e. The number of nitrogen functional groups attached to an aromatic ring is 1. The quantitative estimate of drug-likeness (QED) is 0.603. The maximum Gasteiger partial charge on any atom is 0.219 e. The second-order valence-corrected chi connectivity index (χ2v) is 8.10. The van der Waals surface area contributed by atoms with Crippen molar-refractivity contribution >= 4 is 33.7 Å². The molecule has 160 valence electrons. The summed E-state index contributed by atoms with van der Waals surface area (Å²) in [6.45, 7) is 8.16. The third kappa shape index (κ3) is 3.74. The normalized spacial score (nSPS) is 19.0. The number of nitrogens with two attached hydrogens (primary N) is 1. The Hall–Kier alpha value is -2.67. The van der Waals surface area contributed by atoms with Gasteiger partial charge in [0, 0.05) is 38.4 Å². The van der Waals surface area contributed by atoms with Gasteiger partial charge in [0.25, 0.3) is 0 Å². The van der Waals surface area contributed by atoms with E-state index in [-0.39, 0.29) is 18.1 Å². The summed E-state index contributed by atoms with van der Waals surface area (Å²) in [7, 11) is 0. The lowest BCUT2D eigenvalue weighted by Gasteiger charge is -2.30. The molecule has 7 nitrogen and oxygen atoms in total. The zero-order chi connectivity index (χ0) is 21.3. The van der Waals surface area contributed by atoms with Gasteiger partial charge in [0.15, 0.2) is 5.82 Å². The summed E-state index contributed by atoms with van der Waals surface area (Å²) in [5, 5.41) is 1.08. The Labute approximate surface area is 177 Å². The largest absolute Gasteiger partial charge is 0.382 e. The first kappa shape index (κ1) is 20.6. The summed E-state index contributed by atoms with van der Waals surface area (Å²) in [6, 6.07) is 8.27. The van der Waals surface area contributed by atoms with Gasteiger partial charge in [-0.1, -0.05) is 25.1 Å². The van der Waals surface area contributed by atoms with Crippen LogP contribution in [-0.4, -0.2) is 50.6 Å². The van der Waals surface area contributed by atoms with E-state index in [0.29, 0.717) is 5.82 Å². The van der Waals surface area contributed by atoms with Crippen LogP contribution in [-0.2, 0) is 22.5 Å². The molecule has 4 rings (SSSR count). The van der Waals surface area contributed by atoms with Gasteiger partial charge in [-0.15, -0.1) is 0 Å². The molecule has 1 aromatic carbocycles. The van der Waals surface area contributed by atoms with Crippen LogP contribution in [0, 0.1) is 0 Å². The molecule has 2 N–H and O–H groups in total. The number of amides is 1. The van der Waals surface area contributed by atoms with Crippen molar-refractivity contribution in [1.29, 1.82) is 0 Å². The van der Waals surface area contributed by atoms with Crippen LogP contribution < -0.4 is 5.73 Å². The standard InChI is InChI=1S/C23H31N5O2/c1-4-20-26-21-22(17-9-5-6-10-18(17)25-23(21)24)28(20)13-8-7-12-27(16(3)29)19-11-14-30-15(19)2/h5-6,9-10,15,19H,4,7-8,11-14H2,1-3H3,(H2,24,25). The van der Waals surface area contributed by atoms with Crippen molar-refractivity contribution in [2.24, 2.45) is 0 Å². The zero-order valence-corrected chi connectivity index (χ0v) is 18.1. The molecule has 0 aliphatic carbocycles. The minimum atomic E-state index is 0.111. The van der Waals surface area contributed by atoms with E-state index in [1.54, 1.807) is 6.92 Å². The number of hydrogen-bond donors (Lipinski definition) is 1. The highest BCUT2D eigenvalue weighted by Crippen LogP contribution is 2.29. The maximum absolute atomic E-state index is 12.2. The Balaban J connectivity index is 1.54. The fourth-order valence-corrected chi connectivity index (χ4v) is 4.65. The number of fused-ring (bicyclic) bond motifs is 3. The number of ether oxygens (including phenoxy) is 1. The van der Waals surface area contributed by atoms with Crippen LogP contribution in [0.1, 0.15) is 45.9 Å². The van der Waals surface area contributed by atoms with Crippen molar-refractivity contribution in [3.8, 4) is 0 Å². The van der Waals surface area contributed by atoms with Crippen LogP contribution in [0.4, 0.5) is 5.82 Å². The lowest BCUT2D eigenvalue weighted by molar-refractivity contribution is -0.132. The van der Waals surface area contributed by atoms with Gasteiger partial charge in [-0.2, -0.15) is 0 Å². The number of rotatable bonds is 7. The minimum Gasteiger partial charge on any atom is -0.382 e. The van der Waals surface area contributed by atoms with Crippen LogP contribution in [0.25, 0.3) is 21.9 Å². The van der Waals surface area contributed by atoms with E-state index >= 15 is 0 Å². The molecule has 1 aliphatic heterocycles. The number of imidazole rings is 1. The predicted molar refractivity (Wildman–Crippen MR) is 119 cm³/mol. The predicted octanol–water partition coefficient (Wildman–Crippen LogP) is 3.54. The van der Waals surface area contributed by atoms with Crippen molar-refractivity contribution in [3.05, 3.63) is 30.1 Å². The first-order valence-electron chi connectivity index (χ1n) is 10.9. The molecule has 0 spiro atoms. The van der Waals surface area contributed by atoms with Crippen molar-refractivity contribution in [2.45, 2.75) is 65.1 Å². The molecule has 2 aromatic heterocycles. The van der Waals surface area contributed by atoms with Gasteiger partial charge in [0.2, 0.25) is 5.91 Å². The van der Waals surface area contributed by atoms with E-state index in [2.05, 4.69) is 29.5 Å². The molecule has 30 heavy (non-hydrogen) atoms. The van der Waals surface area contributed by atoms with Crippen molar-refractivity contribution < 1.29 is 9.53 Å². The van der Waals surface area contributed by atoms with Gasteiger partial charge < -0.3 is 19.9 Å². The van der Waals surface area contributed by atoms with Crippen LogP contribution in [0.2, 0.25) is 0 Å². The van der Waals surface area contributed by atoms with Gasteiger partial charge in [-0.05, 0) is 32.3 Å². The Bertz CT molecular complexity index is 1060. The molecule has 2 unspecified atom stereocenters. The number of carbonyl (C=O) groups excluding carboxylic acids is 1. The number of carbonyl (C=O) groups is 1. The average molecular weight is 410 g/mol. The fraction of sp³-hybridized carbons (Fsp3) is 0.522. The van der Waals surface area contributed by atoms with Crippen LogP contribution in [0.3, 0.4) is 0 Å². The van der Waals surface area contributed by atoms with Crippen LogP contribution >= 0.6 is 0 Å². The molecular weight excluding hydrogens is 378 g/mol. The zero-order valence-electron chi connectivity index (χ0n) is 18.1. The Morgan fingerprint density at radius 1 is 1.30 bits per heavy atom. The van der Waals surface area contributed by atoms with Crippen molar-refractivity contribution in [2.75, 3.05) is 18.9 Å². The van der Waals surface area contributed by atoms with Gasteiger partial charge in [0.1, 0.15) is 11.3 Å². The van der Waals surface area contributed by atoms with Gasteiger partial charge in [0.05, 0.1) is 23.2 Å². The number of aromatic nitrogens is 3. The summed E-state index contributed by atoms with van der Waals surface area (Å²) < 4.78 is 7.96. The number of unbranched alkanes of at least 4 members (excludes halogenated alkanes) is 1. The third-order valence-electron chi connectivity index (χ3n) is 6.18. The molecule has 7 heteroatoms. The number of anilines is 1. The molecule has 1 saturated heterocycles. The highest BCUT2D eigenvalue weighted by Gasteiger charge is 2.31. The second kappa shape index (κ2) is 8.60. The molecule has 1 aliphatic rings. The number of pyridine rings is 1. The lowest BCUT2D eigenvalue weighted by Crippen LogP contribution is -2.43. The average Bonchev–Trinajstić information content (AvgIpc) is 3.32.